The molecule has 48 heavy (non-hydrogen) atoms. The van der Waals surface area contributed by atoms with Crippen molar-refractivity contribution < 1.29 is 47.5 Å². The number of rotatable bonds is 8. The lowest BCUT2D eigenvalue weighted by atomic mass is 9.63. The third-order valence-corrected chi connectivity index (χ3v) is 9.76. The van der Waals surface area contributed by atoms with Crippen molar-refractivity contribution in [1.29, 1.82) is 0 Å². The minimum atomic E-state index is -0.880. The number of nitrogens with one attached hydrogen (secondary N) is 1. The van der Waals surface area contributed by atoms with Crippen molar-refractivity contribution in [2.45, 2.75) is 50.6 Å². The van der Waals surface area contributed by atoms with Crippen molar-refractivity contribution in [3.05, 3.63) is 47.2 Å². The molecule has 13 heteroatoms. The van der Waals surface area contributed by atoms with Crippen LogP contribution in [-0.2, 0) is 25.4 Å². The lowest BCUT2D eigenvalue weighted by Gasteiger charge is -2.52. The Balaban J connectivity index is 0.00000107. The maximum Gasteiger partial charge on any atom is 0.338 e. The zero-order chi connectivity index (χ0) is 34.7. The van der Waals surface area contributed by atoms with Gasteiger partial charge in [0.2, 0.25) is 5.75 Å². The van der Waals surface area contributed by atoms with Crippen LogP contribution >= 0.6 is 0 Å². The molecule has 261 valence electrons. The van der Waals surface area contributed by atoms with Gasteiger partial charge in [0.1, 0.15) is 18.0 Å². The Bertz CT molecular complexity index is 1580. The lowest BCUT2D eigenvalue weighted by Crippen LogP contribution is -2.58. The molecule has 0 spiro atoms. The predicted octanol–water partition coefficient (Wildman–Crippen LogP) is 4.40. The number of aromatic nitrogens is 1. The van der Waals surface area contributed by atoms with Gasteiger partial charge >= 0.3 is 11.9 Å². The van der Waals surface area contributed by atoms with Gasteiger partial charge in [-0.25, -0.2) is 4.79 Å². The summed E-state index contributed by atoms with van der Waals surface area (Å²) >= 11 is 0. The van der Waals surface area contributed by atoms with Crippen LogP contribution in [0.4, 0.5) is 0 Å². The summed E-state index contributed by atoms with van der Waals surface area (Å²) in [6.45, 7) is 5.33. The number of hydrogen-bond acceptors (Lipinski definition) is 11. The van der Waals surface area contributed by atoms with Crippen LogP contribution in [0.3, 0.4) is 0 Å². The van der Waals surface area contributed by atoms with Gasteiger partial charge in [0.25, 0.3) is 0 Å². The van der Waals surface area contributed by atoms with E-state index in [0.717, 1.165) is 37.2 Å². The first-order chi connectivity index (χ1) is 23.1. The molecule has 2 aromatic carbocycles. The molecule has 0 bridgehead atoms. The Morgan fingerprint density at radius 2 is 1.62 bits per heavy atom. The Morgan fingerprint density at radius 3 is 2.21 bits per heavy atom. The van der Waals surface area contributed by atoms with E-state index in [2.05, 4.69) is 16.0 Å². The highest BCUT2D eigenvalue weighted by molar-refractivity contribution is 6.46. The second-order valence-electron chi connectivity index (χ2n) is 12.6. The molecule has 2 N–H and O–H groups in total. The average molecular weight is 684 g/mol. The van der Waals surface area contributed by atoms with Gasteiger partial charge in [-0.2, -0.15) is 0 Å². The van der Waals surface area contributed by atoms with E-state index in [4.69, 9.17) is 38.0 Å². The molecule has 2 aliphatic heterocycles. The molecular weight excluding hydrogens is 636 g/mol. The summed E-state index contributed by atoms with van der Waals surface area (Å²) in [5.41, 5.74) is 3.83. The molecule has 1 aromatic heterocycles. The molecule has 1 saturated carbocycles. The Morgan fingerprint density at radius 1 is 0.938 bits per heavy atom. The monoisotopic (exact) mass is 683 g/mol. The van der Waals surface area contributed by atoms with E-state index in [1.54, 1.807) is 26.4 Å². The molecule has 2 fully saturated rings. The molecule has 1 aliphatic carbocycles. The molecule has 6 atom stereocenters. The summed E-state index contributed by atoms with van der Waals surface area (Å²) in [5.74, 6) is 0.441. The van der Waals surface area contributed by atoms with Crippen LogP contribution in [0.1, 0.15) is 40.5 Å². The molecule has 12 nitrogen and oxygen atoms in total. The van der Waals surface area contributed by atoms with E-state index in [9.17, 15) is 9.59 Å². The largest absolute Gasteiger partial charge is 0.497 e. The van der Waals surface area contributed by atoms with Crippen molar-refractivity contribution in [3.63, 3.8) is 0 Å². The number of aromatic amines is 1. The summed E-state index contributed by atoms with van der Waals surface area (Å²) in [6, 6.07) is 9.40. The minimum absolute atomic E-state index is 0.0170. The van der Waals surface area contributed by atoms with Crippen molar-refractivity contribution in [2.24, 2.45) is 17.8 Å². The molecule has 1 saturated heterocycles. The Hall–Kier alpha value is -3.78. The summed E-state index contributed by atoms with van der Waals surface area (Å²) in [6.07, 6.45) is 0.920. The quantitative estimate of drug-likeness (QED) is 0.258. The van der Waals surface area contributed by atoms with Gasteiger partial charge in [-0.15, -0.1) is 0 Å². The molecule has 3 heterocycles. The van der Waals surface area contributed by atoms with Gasteiger partial charge in [0.15, 0.2) is 20.5 Å². The molecule has 3 aliphatic rings. The first kappa shape index (κ1) is 35.5. The van der Waals surface area contributed by atoms with E-state index < -0.39 is 33.1 Å². The summed E-state index contributed by atoms with van der Waals surface area (Å²) in [5, 5.41) is 1.21. The molecule has 0 unspecified atom stereocenters. The summed E-state index contributed by atoms with van der Waals surface area (Å²) in [7, 11) is 8.22. The van der Waals surface area contributed by atoms with Crippen molar-refractivity contribution in [3.8, 4) is 23.0 Å². The van der Waals surface area contributed by atoms with E-state index in [0.29, 0.717) is 23.7 Å². The van der Waals surface area contributed by atoms with Gasteiger partial charge < -0.3 is 42.9 Å². The van der Waals surface area contributed by atoms with Crippen LogP contribution < -0.4 is 18.9 Å². The minimum Gasteiger partial charge on any atom is -0.497 e. The SMILES string of the molecule is COC(=O)[C@H]1[C@H]2C[C@@H]3c4[nH]c5cc(OC)ccc5c4CCN3C[C@H]2C[C@@H](OC(=O)c2cc(OC)c(OC)c(OC)c2)[C@@H]1OC.C[Si](C)O. The molecule has 0 amide bonds. The number of benzene rings is 2. The number of piperidine rings is 1. The fourth-order valence-corrected chi connectivity index (χ4v) is 7.76. The van der Waals surface area contributed by atoms with E-state index in [-0.39, 0.29) is 29.4 Å². The highest BCUT2D eigenvalue weighted by Gasteiger charge is 2.54. The standard InChI is InChI=1S/C33H40N2O9.C2H7OSi/c1-38-19-7-8-20-21-9-10-35-16-18-13-27(44-32(36)17-11-25(39-2)30(41-4)26(12-17)40-3)31(42-5)28(33(37)43-6)22(18)15-24(35)29(21)34-23(20)14-19;1-4(2)3/h7-8,11-12,14,18,22,24,27-28,31,34H,9-10,13,15-16H2,1-6H3;3H,1-2H3/t18-,22+,24-,27-,28+,31+;/m1./s1. The molecular formula is C35H47N2O10Si. The van der Waals surface area contributed by atoms with Gasteiger partial charge in [0, 0.05) is 42.9 Å². The molecule has 1 radical (unpaired) electrons. The number of carbonyl (C=O) groups excluding carboxylic acids is 2. The van der Waals surface area contributed by atoms with Gasteiger partial charge in [-0.1, -0.05) is 0 Å². The second-order valence-corrected chi connectivity index (χ2v) is 14.5. The van der Waals surface area contributed by atoms with Gasteiger partial charge in [-0.05, 0) is 74.0 Å². The third kappa shape index (κ3) is 6.86. The number of fused-ring (bicyclic) bond motifs is 6. The lowest BCUT2D eigenvalue weighted by molar-refractivity contribution is -0.176. The second kappa shape index (κ2) is 15.2. The highest BCUT2D eigenvalue weighted by Crippen LogP contribution is 2.51. The third-order valence-electron chi connectivity index (χ3n) is 9.76. The fraction of sp³-hybridized carbons (Fsp3) is 0.543. The number of H-pyrrole nitrogens is 1. The topological polar surface area (TPSA) is 138 Å². The average Bonchev–Trinajstić information content (AvgIpc) is 3.47. The molecule has 6 rings (SSSR count). The first-order valence-electron chi connectivity index (χ1n) is 16.1. The van der Waals surface area contributed by atoms with Crippen LogP contribution in [-0.4, -0.2) is 104 Å². The van der Waals surface area contributed by atoms with Crippen LogP contribution in [0, 0.1) is 17.8 Å². The number of ether oxygens (including phenoxy) is 7. The highest BCUT2D eigenvalue weighted by atomic mass is 28.3. The Kier molecular flexibility index (Phi) is 11.2. The van der Waals surface area contributed by atoms with Crippen LogP contribution in [0.5, 0.6) is 23.0 Å². The summed E-state index contributed by atoms with van der Waals surface area (Å²) in [4.78, 5) is 41.3. The van der Waals surface area contributed by atoms with Crippen molar-refractivity contribution in [2.75, 3.05) is 55.7 Å². The van der Waals surface area contributed by atoms with Crippen LogP contribution in [0.2, 0.25) is 13.1 Å². The van der Waals surface area contributed by atoms with E-state index in [1.807, 2.05) is 25.2 Å². The maximum absolute atomic E-state index is 13.5. The number of carbonyl (C=O) groups is 2. The van der Waals surface area contributed by atoms with E-state index >= 15 is 0 Å². The maximum atomic E-state index is 13.5. The number of methoxy groups -OCH3 is 6. The van der Waals surface area contributed by atoms with Gasteiger partial charge in [-0.3, -0.25) is 9.69 Å². The zero-order valence-electron chi connectivity index (χ0n) is 29.0. The Labute approximate surface area is 283 Å². The van der Waals surface area contributed by atoms with Crippen LogP contribution in [0.25, 0.3) is 10.9 Å². The normalized spacial score (nSPS) is 24.7. The molecule has 3 aromatic rings. The fourth-order valence-electron chi connectivity index (χ4n) is 7.76. The first-order valence-corrected chi connectivity index (χ1v) is 18.6. The number of esters is 2. The van der Waals surface area contributed by atoms with Crippen molar-refractivity contribution in [1.82, 2.24) is 9.88 Å². The summed E-state index contributed by atoms with van der Waals surface area (Å²) < 4.78 is 39.1. The van der Waals surface area contributed by atoms with Gasteiger partial charge in [0.05, 0.1) is 53.1 Å². The van der Waals surface area contributed by atoms with Crippen LogP contribution in [0.15, 0.2) is 30.3 Å². The predicted molar refractivity (Wildman–Crippen MR) is 180 cm³/mol. The smallest absolute Gasteiger partial charge is 0.338 e. The van der Waals surface area contributed by atoms with E-state index in [1.165, 1.54) is 45.1 Å². The number of nitrogens with zero attached hydrogens (tertiary/aromatic N) is 1. The number of hydrogen-bond donors (Lipinski definition) is 2. The zero-order valence-corrected chi connectivity index (χ0v) is 30.0. The van der Waals surface area contributed by atoms with Crippen molar-refractivity contribution >= 4 is 31.9 Å².